The van der Waals surface area contributed by atoms with Crippen molar-refractivity contribution < 1.29 is 0 Å². The largest absolute Gasteiger partial charge is 0.268 e. The fraction of sp³-hybridized carbons (Fsp3) is 0.417. The molecule has 1 rings (SSSR count). The molecule has 13 heavy (non-hydrogen) atoms. The van der Waals surface area contributed by atoms with Crippen molar-refractivity contribution in [2.24, 2.45) is 10.4 Å². The molecule has 0 N–H and O–H groups in total. The van der Waals surface area contributed by atoms with Crippen molar-refractivity contribution in [1.82, 2.24) is 0 Å². The summed E-state index contributed by atoms with van der Waals surface area (Å²) in [7, 11) is 0. The first-order valence-corrected chi connectivity index (χ1v) is 4.62. The van der Waals surface area contributed by atoms with Gasteiger partial charge in [0.2, 0.25) is 0 Å². The fourth-order valence-corrected chi connectivity index (χ4v) is 1.33. The van der Waals surface area contributed by atoms with Crippen LogP contribution in [0.25, 0.3) is 0 Å². The Morgan fingerprint density at radius 3 is 2.69 bits per heavy atom. The van der Waals surface area contributed by atoms with E-state index in [0.29, 0.717) is 0 Å². The van der Waals surface area contributed by atoms with Gasteiger partial charge in [-0.25, -0.2) is 0 Å². The highest BCUT2D eigenvalue weighted by molar-refractivity contribution is 5.70. The molecule has 0 fully saturated rings. The lowest BCUT2D eigenvalue weighted by Crippen LogP contribution is -2.08. The average molecular weight is 175 g/mol. The molecule has 1 nitrogen and oxygen atoms in total. The van der Waals surface area contributed by atoms with Crippen molar-refractivity contribution in [3.8, 4) is 0 Å². The third-order valence-electron chi connectivity index (χ3n) is 2.00. The van der Waals surface area contributed by atoms with Crippen LogP contribution in [-0.2, 0) is 0 Å². The minimum absolute atomic E-state index is 0.0586. The molecule has 0 bridgehead atoms. The first-order chi connectivity index (χ1) is 6.05. The second-order valence-corrected chi connectivity index (χ2v) is 4.01. The normalized spacial score (nSPS) is 21.2. The Balaban J connectivity index is 3.09. The molecule has 1 aliphatic rings. The van der Waals surface area contributed by atoms with Gasteiger partial charge < -0.3 is 0 Å². The third kappa shape index (κ3) is 2.69. The summed E-state index contributed by atoms with van der Waals surface area (Å²) in [6.07, 6.45) is 10.3. The van der Waals surface area contributed by atoms with Crippen LogP contribution in [-0.4, -0.2) is 6.21 Å². The van der Waals surface area contributed by atoms with Gasteiger partial charge in [0.25, 0.3) is 0 Å². The number of hydrogen-bond acceptors (Lipinski definition) is 1. The lowest BCUT2D eigenvalue weighted by Gasteiger charge is -2.13. The van der Waals surface area contributed by atoms with E-state index >= 15 is 0 Å². The number of nitrogens with zero attached hydrogens (tertiary/aromatic N) is 1. The fourth-order valence-electron chi connectivity index (χ4n) is 1.33. The summed E-state index contributed by atoms with van der Waals surface area (Å²) in [5, 5.41) is 0. The van der Waals surface area contributed by atoms with E-state index in [1.165, 1.54) is 11.1 Å². The van der Waals surface area contributed by atoms with Gasteiger partial charge in [0, 0.05) is 17.8 Å². The first kappa shape index (κ1) is 9.97. The van der Waals surface area contributed by atoms with E-state index in [2.05, 4.69) is 44.0 Å². The number of hydrogen-bond donors (Lipinski definition) is 0. The van der Waals surface area contributed by atoms with E-state index in [-0.39, 0.29) is 5.41 Å². The van der Waals surface area contributed by atoms with E-state index in [1.54, 1.807) is 0 Å². The van der Waals surface area contributed by atoms with Crippen LogP contribution >= 0.6 is 0 Å². The SMILES string of the molecule is C/C=C\C1=CC(C)(C)C=NC=C1C. The summed E-state index contributed by atoms with van der Waals surface area (Å²) >= 11 is 0. The summed E-state index contributed by atoms with van der Waals surface area (Å²) in [5.74, 6) is 0. The van der Waals surface area contributed by atoms with Gasteiger partial charge in [-0.2, -0.15) is 0 Å². The Kier molecular flexibility index (Phi) is 2.86. The molecule has 0 saturated heterocycles. The molecule has 0 spiro atoms. The molecule has 0 atom stereocenters. The molecule has 0 amide bonds. The van der Waals surface area contributed by atoms with Crippen molar-refractivity contribution in [2.45, 2.75) is 27.7 Å². The van der Waals surface area contributed by atoms with Crippen molar-refractivity contribution in [2.75, 3.05) is 0 Å². The highest BCUT2D eigenvalue weighted by atomic mass is 14.7. The second-order valence-electron chi connectivity index (χ2n) is 4.01. The highest BCUT2D eigenvalue weighted by Crippen LogP contribution is 2.24. The van der Waals surface area contributed by atoms with Crippen molar-refractivity contribution in [1.29, 1.82) is 0 Å². The molecule has 1 aliphatic heterocycles. The van der Waals surface area contributed by atoms with Crippen LogP contribution in [0.1, 0.15) is 27.7 Å². The monoisotopic (exact) mass is 175 g/mol. The maximum Gasteiger partial charge on any atom is 0.0299 e. The van der Waals surface area contributed by atoms with Crippen LogP contribution in [0, 0.1) is 5.41 Å². The molecule has 0 aromatic rings. The zero-order valence-corrected chi connectivity index (χ0v) is 8.83. The third-order valence-corrected chi connectivity index (χ3v) is 2.00. The van der Waals surface area contributed by atoms with E-state index in [1.807, 2.05) is 19.3 Å². The molecular formula is C12H17N. The van der Waals surface area contributed by atoms with E-state index in [4.69, 9.17) is 0 Å². The molecule has 1 heteroatoms. The molecular weight excluding hydrogens is 158 g/mol. The lowest BCUT2D eigenvalue weighted by molar-refractivity contribution is 0.692. The summed E-state index contributed by atoms with van der Waals surface area (Å²) in [6.45, 7) is 8.44. The van der Waals surface area contributed by atoms with Gasteiger partial charge in [0.1, 0.15) is 0 Å². The summed E-state index contributed by atoms with van der Waals surface area (Å²) in [5.41, 5.74) is 2.55. The van der Waals surface area contributed by atoms with Crippen molar-refractivity contribution in [3.63, 3.8) is 0 Å². The maximum absolute atomic E-state index is 4.26. The summed E-state index contributed by atoms with van der Waals surface area (Å²) in [4.78, 5) is 4.26. The second kappa shape index (κ2) is 3.73. The maximum atomic E-state index is 4.26. The number of rotatable bonds is 1. The van der Waals surface area contributed by atoms with Crippen molar-refractivity contribution >= 4 is 6.21 Å². The molecule has 0 saturated carbocycles. The van der Waals surface area contributed by atoms with Crippen LogP contribution in [0.5, 0.6) is 0 Å². The minimum atomic E-state index is 0.0586. The predicted octanol–water partition coefficient (Wildman–Crippen LogP) is 3.50. The minimum Gasteiger partial charge on any atom is -0.268 e. The molecule has 0 unspecified atom stereocenters. The molecule has 0 aromatic heterocycles. The van der Waals surface area contributed by atoms with E-state index in [9.17, 15) is 0 Å². The quantitative estimate of drug-likeness (QED) is 0.578. The van der Waals surface area contributed by atoms with E-state index in [0.717, 1.165) is 0 Å². The van der Waals surface area contributed by atoms with Crippen LogP contribution in [0.4, 0.5) is 0 Å². The summed E-state index contributed by atoms with van der Waals surface area (Å²) < 4.78 is 0. The summed E-state index contributed by atoms with van der Waals surface area (Å²) in [6, 6.07) is 0. The standard InChI is InChI=1S/C12H17N/c1-5-6-11-7-12(3,4)9-13-8-10(11)2/h5-9H,1-4H3/b6-5-. The number of allylic oxidation sites excluding steroid dienone is 5. The van der Waals surface area contributed by atoms with Gasteiger partial charge in [-0.15, -0.1) is 0 Å². The van der Waals surface area contributed by atoms with Crippen LogP contribution in [0.2, 0.25) is 0 Å². The van der Waals surface area contributed by atoms with Gasteiger partial charge in [0.05, 0.1) is 0 Å². The average Bonchev–Trinajstić information content (AvgIpc) is 2.12. The predicted molar refractivity (Wildman–Crippen MR) is 58.9 cm³/mol. The highest BCUT2D eigenvalue weighted by Gasteiger charge is 2.14. The van der Waals surface area contributed by atoms with Crippen molar-refractivity contribution in [3.05, 3.63) is 35.6 Å². The Morgan fingerprint density at radius 1 is 1.38 bits per heavy atom. The molecule has 0 aromatic carbocycles. The Morgan fingerprint density at radius 2 is 2.08 bits per heavy atom. The number of aliphatic imine (C=N–C) groups is 1. The smallest absolute Gasteiger partial charge is 0.0299 e. The Labute approximate surface area is 80.6 Å². The molecule has 1 heterocycles. The molecule has 0 aliphatic carbocycles. The van der Waals surface area contributed by atoms with E-state index < -0.39 is 0 Å². The van der Waals surface area contributed by atoms with Gasteiger partial charge in [0.15, 0.2) is 0 Å². The van der Waals surface area contributed by atoms with Crippen LogP contribution in [0.15, 0.2) is 40.6 Å². The van der Waals surface area contributed by atoms with Gasteiger partial charge in [-0.1, -0.05) is 32.1 Å². The lowest BCUT2D eigenvalue weighted by atomic mass is 9.91. The zero-order valence-electron chi connectivity index (χ0n) is 8.83. The van der Waals surface area contributed by atoms with Crippen LogP contribution < -0.4 is 0 Å². The van der Waals surface area contributed by atoms with Gasteiger partial charge >= 0.3 is 0 Å². The zero-order chi connectivity index (χ0) is 9.90. The topological polar surface area (TPSA) is 12.4 Å². The first-order valence-electron chi connectivity index (χ1n) is 4.62. The molecule has 70 valence electrons. The molecule has 0 radical (unpaired) electrons. The van der Waals surface area contributed by atoms with Gasteiger partial charge in [-0.3, -0.25) is 4.99 Å². The Hall–Kier alpha value is -1.11. The van der Waals surface area contributed by atoms with Gasteiger partial charge in [-0.05, 0) is 25.0 Å². The van der Waals surface area contributed by atoms with Crippen LogP contribution in [0.3, 0.4) is 0 Å². The Bertz CT molecular complexity index is 301.